The van der Waals surface area contributed by atoms with Gasteiger partial charge in [0.1, 0.15) is 11.6 Å². The van der Waals surface area contributed by atoms with Crippen LogP contribution in [-0.2, 0) is 20.6 Å². The lowest BCUT2D eigenvalue weighted by atomic mass is 9.96. The smallest absolute Gasteiger partial charge is 0.223 e. The third-order valence-electron chi connectivity index (χ3n) is 5.53. The Morgan fingerprint density at radius 2 is 1.74 bits per heavy atom. The van der Waals surface area contributed by atoms with Gasteiger partial charge in [0.15, 0.2) is 0 Å². The van der Waals surface area contributed by atoms with Gasteiger partial charge >= 0.3 is 0 Å². The van der Waals surface area contributed by atoms with Gasteiger partial charge in [-0.15, -0.1) is 0 Å². The lowest BCUT2D eigenvalue weighted by Crippen LogP contribution is -2.43. The first-order valence-electron chi connectivity index (χ1n) is 10.5. The molecule has 8 heteroatoms. The average molecular weight is 449 g/mol. The number of hydrogen-bond acceptors (Lipinski definition) is 4. The van der Waals surface area contributed by atoms with E-state index in [1.165, 1.54) is 28.6 Å². The highest BCUT2D eigenvalue weighted by Gasteiger charge is 2.31. The first kappa shape index (κ1) is 23.2. The van der Waals surface area contributed by atoms with Crippen LogP contribution >= 0.6 is 0 Å². The van der Waals surface area contributed by atoms with E-state index in [1.54, 1.807) is 0 Å². The summed E-state index contributed by atoms with van der Waals surface area (Å²) < 4.78 is 45.3. The SMILES string of the molecule is CCOc1ccc([C@@H](C)NC(=O)C2CCN(S(=O)(=O)Cc3ccc(F)cc3)CC2)cc1. The fourth-order valence-corrected chi connectivity index (χ4v) is 5.28. The summed E-state index contributed by atoms with van der Waals surface area (Å²) in [5.41, 5.74) is 1.53. The molecule has 0 bridgehead atoms. The van der Waals surface area contributed by atoms with E-state index in [9.17, 15) is 17.6 Å². The highest BCUT2D eigenvalue weighted by atomic mass is 32.2. The zero-order chi connectivity index (χ0) is 22.4. The minimum Gasteiger partial charge on any atom is -0.494 e. The Morgan fingerprint density at radius 3 is 2.32 bits per heavy atom. The van der Waals surface area contributed by atoms with Gasteiger partial charge in [-0.2, -0.15) is 0 Å². The number of ether oxygens (including phenoxy) is 1. The van der Waals surface area contributed by atoms with E-state index in [-0.39, 0.29) is 23.6 Å². The lowest BCUT2D eigenvalue weighted by Gasteiger charge is -2.31. The van der Waals surface area contributed by atoms with E-state index in [1.807, 2.05) is 38.1 Å². The third kappa shape index (κ3) is 6.27. The minimum absolute atomic E-state index is 0.0584. The van der Waals surface area contributed by atoms with E-state index < -0.39 is 15.8 Å². The van der Waals surface area contributed by atoms with Crippen molar-refractivity contribution in [2.75, 3.05) is 19.7 Å². The Morgan fingerprint density at radius 1 is 1.13 bits per heavy atom. The molecule has 1 amide bonds. The van der Waals surface area contributed by atoms with Gasteiger partial charge in [0.25, 0.3) is 0 Å². The van der Waals surface area contributed by atoms with Crippen molar-refractivity contribution >= 4 is 15.9 Å². The Labute approximate surface area is 183 Å². The van der Waals surface area contributed by atoms with Crippen LogP contribution in [0.1, 0.15) is 43.9 Å². The number of rotatable bonds is 8. The molecule has 0 radical (unpaired) electrons. The van der Waals surface area contributed by atoms with E-state index in [2.05, 4.69) is 5.32 Å². The van der Waals surface area contributed by atoms with Gasteiger partial charge in [-0.05, 0) is 62.1 Å². The first-order chi connectivity index (χ1) is 14.8. The van der Waals surface area contributed by atoms with Crippen molar-refractivity contribution in [3.63, 3.8) is 0 Å². The van der Waals surface area contributed by atoms with Crippen molar-refractivity contribution < 1.29 is 22.3 Å². The number of halogens is 1. The second-order valence-electron chi connectivity index (χ2n) is 7.79. The maximum Gasteiger partial charge on any atom is 0.223 e. The number of sulfonamides is 1. The predicted octanol–water partition coefficient (Wildman–Crippen LogP) is 3.64. The van der Waals surface area contributed by atoms with Gasteiger partial charge < -0.3 is 10.1 Å². The molecule has 0 spiro atoms. The van der Waals surface area contributed by atoms with Crippen LogP contribution in [0.2, 0.25) is 0 Å². The van der Waals surface area contributed by atoms with E-state index in [4.69, 9.17) is 4.74 Å². The molecule has 2 aromatic carbocycles. The maximum absolute atomic E-state index is 13.0. The second kappa shape index (κ2) is 10.2. The largest absolute Gasteiger partial charge is 0.494 e. The molecule has 1 atom stereocenters. The molecule has 168 valence electrons. The molecular formula is C23H29FN2O4S. The van der Waals surface area contributed by atoms with E-state index in [0.717, 1.165) is 11.3 Å². The molecule has 1 aliphatic rings. The molecule has 1 N–H and O–H groups in total. The number of nitrogens with zero attached hydrogens (tertiary/aromatic N) is 1. The van der Waals surface area contributed by atoms with Gasteiger partial charge in [0.2, 0.25) is 15.9 Å². The second-order valence-corrected chi connectivity index (χ2v) is 9.76. The molecular weight excluding hydrogens is 419 g/mol. The highest BCUT2D eigenvalue weighted by Crippen LogP contribution is 2.24. The van der Waals surface area contributed by atoms with Crippen LogP contribution in [-0.4, -0.2) is 38.3 Å². The summed E-state index contributed by atoms with van der Waals surface area (Å²) in [5, 5.41) is 3.03. The average Bonchev–Trinajstić information content (AvgIpc) is 2.76. The highest BCUT2D eigenvalue weighted by molar-refractivity contribution is 7.88. The van der Waals surface area contributed by atoms with Crippen molar-refractivity contribution in [3.8, 4) is 5.75 Å². The molecule has 6 nitrogen and oxygen atoms in total. The summed E-state index contributed by atoms with van der Waals surface area (Å²) in [4.78, 5) is 12.7. The van der Waals surface area contributed by atoms with Crippen LogP contribution in [0.4, 0.5) is 4.39 Å². The van der Waals surface area contributed by atoms with Crippen molar-refractivity contribution in [2.24, 2.45) is 5.92 Å². The summed E-state index contributed by atoms with van der Waals surface area (Å²) in [7, 11) is -3.51. The third-order valence-corrected chi connectivity index (χ3v) is 7.38. The summed E-state index contributed by atoms with van der Waals surface area (Å²) in [5.74, 6) is -0.0512. The fraction of sp³-hybridized carbons (Fsp3) is 0.435. The van der Waals surface area contributed by atoms with Crippen LogP contribution in [0.25, 0.3) is 0 Å². The maximum atomic E-state index is 13.0. The van der Waals surface area contributed by atoms with E-state index in [0.29, 0.717) is 38.1 Å². The molecule has 0 aliphatic carbocycles. The number of piperidine rings is 1. The summed E-state index contributed by atoms with van der Waals surface area (Å²) in [6.45, 7) is 5.06. The predicted molar refractivity (Wildman–Crippen MR) is 117 cm³/mol. The molecule has 31 heavy (non-hydrogen) atoms. The Bertz CT molecular complexity index is 970. The van der Waals surface area contributed by atoms with Gasteiger partial charge in [0.05, 0.1) is 18.4 Å². The van der Waals surface area contributed by atoms with E-state index >= 15 is 0 Å². The van der Waals surface area contributed by atoms with Gasteiger partial charge in [-0.1, -0.05) is 24.3 Å². The molecule has 0 aromatic heterocycles. The Balaban J connectivity index is 1.51. The van der Waals surface area contributed by atoms with Gasteiger partial charge in [-0.3, -0.25) is 4.79 Å². The molecule has 0 saturated carbocycles. The first-order valence-corrected chi connectivity index (χ1v) is 12.1. The van der Waals surface area contributed by atoms with Gasteiger partial charge in [0, 0.05) is 19.0 Å². The van der Waals surface area contributed by atoms with Crippen LogP contribution in [0.15, 0.2) is 48.5 Å². The van der Waals surface area contributed by atoms with Crippen molar-refractivity contribution in [2.45, 2.75) is 38.5 Å². The molecule has 2 aromatic rings. The Hall–Kier alpha value is -2.45. The monoisotopic (exact) mass is 448 g/mol. The lowest BCUT2D eigenvalue weighted by molar-refractivity contribution is -0.126. The zero-order valence-electron chi connectivity index (χ0n) is 17.9. The van der Waals surface area contributed by atoms with Crippen molar-refractivity contribution in [1.29, 1.82) is 0 Å². The van der Waals surface area contributed by atoms with Crippen molar-refractivity contribution in [1.82, 2.24) is 9.62 Å². The molecule has 1 aliphatic heterocycles. The minimum atomic E-state index is -3.51. The molecule has 3 rings (SSSR count). The number of amides is 1. The van der Waals surface area contributed by atoms with Crippen LogP contribution < -0.4 is 10.1 Å². The molecule has 1 fully saturated rings. The van der Waals surface area contributed by atoms with Crippen LogP contribution in [0.5, 0.6) is 5.75 Å². The number of carbonyl (C=O) groups excluding carboxylic acids is 1. The number of carbonyl (C=O) groups is 1. The number of nitrogens with one attached hydrogen (secondary N) is 1. The fourth-order valence-electron chi connectivity index (χ4n) is 3.71. The number of benzene rings is 2. The van der Waals surface area contributed by atoms with Gasteiger partial charge in [-0.25, -0.2) is 17.1 Å². The number of hydrogen-bond donors (Lipinski definition) is 1. The zero-order valence-corrected chi connectivity index (χ0v) is 18.7. The van der Waals surface area contributed by atoms with Crippen molar-refractivity contribution in [3.05, 3.63) is 65.5 Å². The normalized spacial score (nSPS) is 16.6. The summed E-state index contributed by atoms with van der Waals surface area (Å²) in [6, 6.07) is 13.0. The van der Waals surface area contributed by atoms with Crippen LogP contribution in [0, 0.1) is 11.7 Å². The standard InChI is InChI=1S/C23H29FN2O4S/c1-3-30-22-10-6-19(7-11-22)17(2)25-23(27)20-12-14-26(15-13-20)31(28,29)16-18-4-8-21(24)9-5-18/h4-11,17,20H,3,12-16H2,1-2H3,(H,25,27)/t17-/m1/s1. The summed E-state index contributed by atoms with van der Waals surface area (Å²) >= 11 is 0. The Kier molecular flexibility index (Phi) is 7.67. The molecule has 1 saturated heterocycles. The quantitative estimate of drug-likeness (QED) is 0.669. The molecule has 0 unspecified atom stereocenters. The summed E-state index contributed by atoms with van der Waals surface area (Å²) in [6.07, 6.45) is 0.953. The molecule has 1 heterocycles. The topological polar surface area (TPSA) is 75.7 Å². The van der Waals surface area contributed by atoms with Crippen LogP contribution in [0.3, 0.4) is 0 Å².